The zero-order valence-electron chi connectivity index (χ0n) is 9.39. The van der Waals surface area contributed by atoms with Crippen LogP contribution in [0.3, 0.4) is 0 Å². The van der Waals surface area contributed by atoms with Gasteiger partial charge in [0.05, 0.1) is 11.4 Å². The highest BCUT2D eigenvalue weighted by Gasteiger charge is 2.08. The van der Waals surface area contributed by atoms with Crippen LogP contribution in [0.15, 0.2) is 20.3 Å². The molecule has 0 spiro atoms. The number of anilines is 1. The van der Waals surface area contributed by atoms with Gasteiger partial charge in [0, 0.05) is 17.1 Å². The normalized spacial score (nSPS) is 10.5. The Labute approximate surface area is 107 Å². The van der Waals surface area contributed by atoms with E-state index >= 15 is 0 Å². The van der Waals surface area contributed by atoms with Gasteiger partial charge in [-0.25, -0.2) is 4.98 Å². The van der Waals surface area contributed by atoms with Crippen molar-refractivity contribution >= 4 is 34.9 Å². The SMILES string of the molecule is Cc1cc(NC(=O)CSc2nc(C)cs2)on1. The fourth-order valence-electron chi connectivity index (χ4n) is 1.12. The molecule has 0 aliphatic rings. The van der Waals surface area contributed by atoms with Crippen molar-refractivity contribution in [2.24, 2.45) is 0 Å². The zero-order chi connectivity index (χ0) is 12.3. The molecule has 0 atom stereocenters. The topological polar surface area (TPSA) is 68.0 Å². The summed E-state index contributed by atoms with van der Waals surface area (Å²) in [6, 6.07) is 1.68. The first-order chi connectivity index (χ1) is 8.13. The lowest BCUT2D eigenvalue weighted by Gasteiger charge is -1.98. The number of hydrogen-bond donors (Lipinski definition) is 1. The largest absolute Gasteiger partial charge is 0.338 e. The summed E-state index contributed by atoms with van der Waals surface area (Å²) in [5.41, 5.74) is 1.72. The lowest BCUT2D eigenvalue weighted by atomic mass is 10.5. The minimum Gasteiger partial charge on any atom is -0.338 e. The van der Waals surface area contributed by atoms with Gasteiger partial charge in [-0.05, 0) is 13.8 Å². The summed E-state index contributed by atoms with van der Waals surface area (Å²) in [6.45, 7) is 3.73. The number of rotatable bonds is 4. The van der Waals surface area contributed by atoms with Crippen molar-refractivity contribution in [2.75, 3.05) is 11.1 Å². The third-order valence-corrected chi connectivity index (χ3v) is 3.95. The lowest BCUT2D eigenvalue weighted by Crippen LogP contribution is -2.13. The molecule has 0 aliphatic carbocycles. The summed E-state index contributed by atoms with van der Waals surface area (Å²) >= 11 is 2.95. The molecule has 0 unspecified atom stereocenters. The number of carbonyl (C=O) groups is 1. The molecule has 0 aliphatic heterocycles. The quantitative estimate of drug-likeness (QED) is 0.864. The molecule has 2 rings (SSSR count). The molecule has 0 saturated heterocycles. The Kier molecular flexibility index (Phi) is 3.80. The summed E-state index contributed by atoms with van der Waals surface area (Å²) < 4.78 is 5.78. The average molecular weight is 269 g/mol. The fraction of sp³-hybridized carbons (Fsp3) is 0.300. The maximum Gasteiger partial charge on any atom is 0.237 e. The first-order valence-corrected chi connectivity index (χ1v) is 6.78. The molecule has 1 amide bonds. The second-order valence-corrected chi connectivity index (χ2v) is 5.50. The first kappa shape index (κ1) is 12.1. The van der Waals surface area contributed by atoms with Crippen LogP contribution in [0, 0.1) is 13.8 Å². The van der Waals surface area contributed by atoms with Gasteiger partial charge in [0.25, 0.3) is 0 Å². The van der Waals surface area contributed by atoms with Gasteiger partial charge in [0.2, 0.25) is 11.8 Å². The van der Waals surface area contributed by atoms with Gasteiger partial charge in [-0.1, -0.05) is 16.9 Å². The molecule has 0 radical (unpaired) electrons. The molecular formula is C10H11N3O2S2. The van der Waals surface area contributed by atoms with Crippen LogP contribution in [0.1, 0.15) is 11.4 Å². The maximum absolute atomic E-state index is 11.6. The van der Waals surface area contributed by atoms with E-state index in [4.69, 9.17) is 4.52 Å². The molecule has 5 nitrogen and oxygen atoms in total. The van der Waals surface area contributed by atoms with Crippen molar-refractivity contribution in [1.82, 2.24) is 10.1 Å². The molecule has 1 N–H and O–H groups in total. The molecule has 7 heteroatoms. The fourth-order valence-corrected chi connectivity index (χ4v) is 2.77. The molecular weight excluding hydrogens is 258 g/mol. The Morgan fingerprint density at radius 3 is 2.94 bits per heavy atom. The minimum absolute atomic E-state index is 0.126. The maximum atomic E-state index is 11.6. The third kappa shape index (κ3) is 3.57. The molecule has 17 heavy (non-hydrogen) atoms. The van der Waals surface area contributed by atoms with E-state index in [9.17, 15) is 4.79 Å². The summed E-state index contributed by atoms with van der Waals surface area (Å²) in [4.78, 5) is 15.8. The highest BCUT2D eigenvalue weighted by atomic mass is 32.2. The van der Waals surface area contributed by atoms with Crippen molar-refractivity contribution in [3.8, 4) is 0 Å². The van der Waals surface area contributed by atoms with E-state index < -0.39 is 0 Å². The van der Waals surface area contributed by atoms with Crippen LogP contribution >= 0.6 is 23.1 Å². The summed E-state index contributed by atoms with van der Waals surface area (Å²) in [5, 5.41) is 8.27. The van der Waals surface area contributed by atoms with Crippen LogP contribution in [0.25, 0.3) is 0 Å². The molecule has 0 aromatic carbocycles. The number of aryl methyl sites for hydroxylation is 2. The number of nitrogens with one attached hydrogen (secondary N) is 1. The third-order valence-electron chi connectivity index (χ3n) is 1.82. The summed E-state index contributed by atoms with van der Waals surface area (Å²) in [6.07, 6.45) is 0. The molecule has 2 heterocycles. The summed E-state index contributed by atoms with van der Waals surface area (Å²) in [7, 11) is 0. The van der Waals surface area contributed by atoms with Gasteiger partial charge in [-0.15, -0.1) is 11.3 Å². The van der Waals surface area contributed by atoms with Gasteiger partial charge in [-0.3, -0.25) is 10.1 Å². The number of nitrogens with zero attached hydrogens (tertiary/aromatic N) is 2. The molecule has 90 valence electrons. The number of thiazole rings is 1. The highest BCUT2D eigenvalue weighted by molar-refractivity contribution is 8.01. The standard InChI is InChI=1S/C10H11N3O2S2/c1-6-3-9(15-13-6)12-8(14)5-17-10-11-7(2)4-16-10/h3-4H,5H2,1-2H3,(H,12,14). The predicted molar refractivity (Wildman–Crippen MR) is 67.4 cm³/mol. The van der Waals surface area contributed by atoms with Crippen LogP contribution in [-0.4, -0.2) is 21.8 Å². The minimum atomic E-state index is -0.126. The van der Waals surface area contributed by atoms with E-state index in [1.807, 2.05) is 12.3 Å². The van der Waals surface area contributed by atoms with Gasteiger partial charge >= 0.3 is 0 Å². The van der Waals surface area contributed by atoms with Crippen LogP contribution in [0.2, 0.25) is 0 Å². The highest BCUT2D eigenvalue weighted by Crippen LogP contribution is 2.22. The molecule has 0 fully saturated rings. The van der Waals surface area contributed by atoms with E-state index in [2.05, 4.69) is 15.5 Å². The molecule has 2 aromatic rings. The number of hydrogen-bond acceptors (Lipinski definition) is 6. The number of amides is 1. The lowest BCUT2D eigenvalue weighted by molar-refractivity contribution is -0.113. The Hall–Kier alpha value is -1.34. The smallest absolute Gasteiger partial charge is 0.237 e. The van der Waals surface area contributed by atoms with Crippen LogP contribution < -0.4 is 5.32 Å². The molecule has 2 aromatic heterocycles. The average Bonchev–Trinajstić information content (AvgIpc) is 2.85. The Balaban J connectivity index is 1.82. The van der Waals surface area contributed by atoms with E-state index in [-0.39, 0.29) is 5.91 Å². The number of aromatic nitrogens is 2. The van der Waals surface area contributed by atoms with Crippen molar-refractivity contribution in [3.05, 3.63) is 22.8 Å². The van der Waals surface area contributed by atoms with Crippen LogP contribution in [-0.2, 0) is 4.79 Å². The van der Waals surface area contributed by atoms with Crippen LogP contribution in [0.4, 0.5) is 5.88 Å². The molecule has 0 saturated carbocycles. The Morgan fingerprint density at radius 2 is 2.35 bits per heavy atom. The van der Waals surface area contributed by atoms with E-state index in [0.29, 0.717) is 11.6 Å². The number of thioether (sulfide) groups is 1. The van der Waals surface area contributed by atoms with Crippen molar-refractivity contribution in [3.63, 3.8) is 0 Å². The van der Waals surface area contributed by atoms with Gasteiger partial charge in [-0.2, -0.15) is 0 Å². The van der Waals surface area contributed by atoms with Crippen molar-refractivity contribution in [2.45, 2.75) is 18.2 Å². The van der Waals surface area contributed by atoms with E-state index in [1.165, 1.54) is 23.1 Å². The van der Waals surface area contributed by atoms with Crippen molar-refractivity contribution in [1.29, 1.82) is 0 Å². The van der Waals surface area contributed by atoms with Crippen LogP contribution in [0.5, 0.6) is 0 Å². The first-order valence-electron chi connectivity index (χ1n) is 4.91. The Bertz CT molecular complexity index is 521. The number of carbonyl (C=O) groups excluding carboxylic acids is 1. The summed E-state index contributed by atoms with van der Waals surface area (Å²) in [5.74, 6) is 0.564. The molecule has 0 bridgehead atoms. The monoisotopic (exact) mass is 269 g/mol. The van der Waals surface area contributed by atoms with E-state index in [0.717, 1.165) is 15.7 Å². The van der Waals surface area contributed by atoms with Gasteiger partial charge < -0.3 is 4.52 Å². The zero-order valence-corrected chi connectivity index (χ0v) is 11.0. The van der Waals surface area contributed by atoms with Crippen molar-refractivity contribution < 1.29 is 9.32 Å². The van der Waals surface area contributed by atoms with Gasteiger partial charge in [0.15, 0.2) is 4.34 Å². The second kappa shape index (κ2) is 5.33. The Morgan fingerprint density at radius 1 is 1.53 bits per heavy atom. The predicted octanol–water partition coefficient (Wildman–Crippen LogP) is 2.48. The van der Waals surface area contributed by atoms with Gasteiger partial charge in [0.1, 0.15) is 0 Å². The second-order valence-electron chi connectivity index (χ2n) is 3.42. The van der Waals surface area contributed by atoms with E-state index in [1.54, 1.807) is 13.0 Å².